The van der Waals surface area contributed by atoms with Crippen LogP contribution in [0.25, 0.3) is 0 Å². The van der Waals surface area contributed by atoms with E-state index in [9.17, 15) is 9.59 Å². The Balaban J connectivity index is 1.55. The van der Waals surface area contributed by atoms with Gasteiger partial charge in [-0.2, -0.15) is 0 Å². The van der Waals surface area contributed by atoms with Crippen molar-refractivity contribution >= 4 is 35.0 Å². The average molecular weight is 544 g/mol. The first-order chi connectivity index (χ1) is 17.9. The van der Waals surface area contributed by atoms with Crippen LogP contribution in [-0.4, -0.2) is 72.5 Å². The summed E-state index contributed by atoms with van der Waals surface area (Å²) in [6.07, 6.45) is 0. The van der Waals surface area contributed by atoms with E-state index in [0.717, 1.165) is 24.4 Å². The van der Waals surface area contributed by atoms with Crippen LogP contribution in [0.4, 0.5) is 0 Å². The normalized spacial score (nSPS) is 13.9. The number of hydrogen-bond acceptors (Lipinski definition) is 5. The maximum Gasteiger partial charge on any atom is 0.255 e. The summed E-state index contributed by atoms with van der Waals surface area (Å²) in [5, 5.41) is 0.703. The van der Waals surface area contributed by atoms with Crippen LogP contribution in [0.3, 0.4) is 0 Å². The molecule has 0 N–H and O–H groups in total. The Kier molecular flexibility index (Phi) is 9.63. The monoisotopic (exact) mass is 543 g/mol. The summed E-state index contributed by atoms with van der Waals surface area (Å²) >= 11 is 12.4. The average Bonchev–Trinajstić information content (AvgIpc) is 3.31. The lowest BCUT2D eigenvalue weighted by Crippen LogP contribution is -2.47. The fourth-order valence-electron chi connectivity index (χ4n) is 4.23. The van der Waals surface area contributed by atoms with E-state index in [1.165, 1.54) is 0 Å². The van der Waals surface area contributed by atoms with Gasteiger partial charge < -0.3 is 19.0 Å². The van der Waals surface area contributed by atoms with Gasteiger partial charge in [0.05, 0.1) is 30.3 Å². The van der Waals surface area contributed by atoms with Gasteiger partial charge in [-0.25, -0.2) is 0 Å². The molecular formula is C28H31Cl2N3O4. The van der Waals surface area contributed by atoms with Gasteiger partial charge in [0.25, 0.3) is 5.91 Å². The Morgan fingerprint density at radius 2 is 1.70 bits per heavy atom. The van der Waals surface area contributed by atoms with Crippen LogP contribution in [0.1, 0.15) is 27.4 Å². The first-order valence-electron chi connectivity index (χ1n) is 12.3. The zero-order valence-electron chi connectivity index (χ0n) is 20.9. The van der Waals surface area contributed by atoms with Gasteiger partial charge in [-0.15, -0.1) is 0 Å². The molecule has 0 saturated carbocycles. The molecule has 0 unspecified atom stereocenters. The highest BCUT2D eigenvalue weighted by molar-refractivity contribution is 6.36. The number of furan rings is 1. The summed E-state index contributed by atoms with van der Waals surface area (Å²) in [5.74, 6) is 0.977. The number of halogens is 2. The molecule has 2 aromatic carbocycles. The molecule has 1 saturated heterocycles. The summed E-state index contributed by atoms with van der Waals surface area (Å²) in [6.45, 7) is 6.37. The van der Waals surface area contributed by atoms with E-state index >= 15 is 0 Å². The second kappa shape index (κ2) is 13.1. The highest BCUT2D eigenvalue weighted by Crippen LogP contribution is 2.23. The summed E-state index contributed by atoms with van der Waals surface area (Å²) < 4.78 is 11.2. The van der Waals surface area contributed by atoms with Crippen LogP contribution >= 0.6 is 23.2 Å². The second-order valence-corrected chi connectivity index (χ2v) is 9.90. The molecule has 0 bridgehead atoms. The molecule has 0 aliphatic carbocycles. The molecule has 9 heteroatoms. The number of rotatable bonds is 10. The van der Waals surface area contributed by atoms with Gasteiger partial charge in [-0.1, -0.05) is 53.5 Å². The first kappa shape index (κ1) is 27.2. The zero-order valence-corrected chi connectivity index (χ0v) is 22.4. The van der Waals surface area contributed by atoms with Gasteiger partial charge in [-0.05, 0) is 42.8 Å². The van der Waals surface area contributed by atoms with Crippen molar-refractivity contribution in [3.05, 3.63) is 93.4 Å². The predicted molar refractivity (Wildman–Crippen MR) is 144 cm³/mol. The first-order valence-corrected chi connectivity index (χ1v) is 13.1. The molecule has 1 fully saturated rings. The molecule has 1 aliphatic rings. The van der Waals surface area contributed by atoms with E-state index in [0.29, 0.717) is 55.7 Å². The third kappa shape index (κ3) is 7.82. The Morgan fingerprint density at radius 3 is 2.38 bits per heavy atom. The molecule has 3 aromatic rings. The number of hydrogen-bond donors (Lipinski definition) is 0. The number of amides is 2. The fourth-order valence-corrected chi connectivity index (χ4v) is 4.72. The molecule has 2 heterocycles. The molecule has 37 heavy (non-hydrogen) atoms. The lowest BCUT2D eigenvalue weighted by atomic mass is 10.1. The predicted octanol–water partition coefficient (Wildman–Crippen LogP) is 4.90. The van der Waals surface area contributed by atoms with E-state index in [1.807, 2.05) is 49.4 Å². The minimum Gasteiger partial charge on any atom is -0.464 e. The van der Waals surface area contributed by atoms with Crippen LogP contribution in [0.5, 0.6) is 0 Å². The van der Waals surface area contributed by atoms with Crippen LogP contribution < -0.4 is 0 Å². The van der Waals surface area contributed by atoms with E-state index in [2.05, 4.69) is 4.90 Å². The number of benzene rings is 2. The van der Waals surface area contributed by atoms with Gasteiger partial charge in [0.15, 0.2) is 0 Å². The third-order valence-corrected chi connectivity index (χ3v) is 6.82. The molecule has 0 radical (unpaired) electrons. The maximum absolute atomic E-state index is 13.7. The topological polar surface area (TPSA) is 66.2 Å². The molecule has 196 valence electrons. The lowest BCUT2D eigenvalue weighted by Gasteiger charge is -2.31. The highest BCUT2D eigenvalue weighted by Gasteiger charge is 2.25. The maximum atomic E-state index is 13.7. The third-order valence-electron chi connectivity index (χ3n) is 6.28. The van der Waals surface area contributed by atoms with Crippen LogP contribution in [0, 0.1) is 6.92 Å². The smallest absolute Gasteiger partial charge is 0.255 e. The largest absolute Gasteiger partial charge is 0.464 e. The van der Waals surface area contributed by atoms with Crippen molar-refractivity contribution in [3.63, 3.8) is 0 Å². The molecule has 0 atom stereocenters. The Hall–Kier alpha value is -2.84. The summed E-state index contributed by atoms with van der Waals surface area (Å²) in [7, 11) is 0. The molecular weight excluding hydrogens is 513 g/mol. The Labute approximate surface area is 227 Å². The van der Waals surface area contributed by atoms with Crippen LogP contribution in [-0.2, 0) is 22.6 Å². The minimum absolute atomic E-state index is 0.0886. The number of morpholine rings is 1. The minimum atomic E-state index is -0.309. The quantitative estimate of drug-likeness (QED) is 0.364. The number of ether oxygens (including phenoxy) is 1. The van der Waals surface area contributed by atoms with Gasteiger partial charge in [0.1, 0.15) is 18.1 Å². The fraction of sp³-hybridized carbons (Fsp3) is 0.357. The van der Waals surface area contributed by atoms with Gasteiger partial charge >= 0.3 is 0 Å². The Morgan fingerprint density at radius 1 is 0.946 bits per heavy atom. The lowest BCUT2D eigenvalue weighted by molar-refractivity contribution is -0.133. The molecule has 7 nitrogen and oxygen atoms in total. The summed E-state index contributed by atoms with van der Waals surface area (Å²) in [5.41, 5.74) is 1.31. The van der Waals surface area contributed by atoms with Crippen LogP contribution in [0.15, 0.2) is 65.1 Å². The Bertz CT molecular complexity index is 1200. The van der Waals surface area contributed by atoms with Gasteiger partial charge in [0.2, 0.25) is 5.91 Å². The second-order valence-electron chi connectivity index (χ2n) is 9.05. The van der Waals surface area contributed by atoms with Crippen molar-refractivity contribution in [2.45, 2.75) is 20.0 Å². The summed E-state index contributed by atoms with van der Waals surface area (Å²) in [4.78, 5) is 32.8. The van der Waals surface area contributed by atoms with Gasteiger partial charge in [0, 0.05) is 37.7 Å². The van der Waals surface area contributed by atoms with Crippen LogP contribution in [0.2, 0.25) is 10.0 Å². The van der Waals surface area contributed by atoms with Crippen molar-refractivity contribution in [2.24, 2.45) is 0 Å². The molecule has 4 rings (SSSR count). The number of carbonyl (C=O) groups excluding carboxylic acids is 2. The van der Waals surface area contributed by atoms with E-state index < -0.39 is 0 Å². The number of aryl methyl sites for hydroxylation is 1. The molecule has 0 spiro atoms. The van der Waals surface area contributed by atoms with E-state index in [4.69, 9.17) is 32.4 Å². The van der Waals surface area contributed by atoms with E-state index in [1.54, 1.807) is 28.0 Å². The van der Waals surface area contributed by atoms with Crippen molar-refractivity contribution in [3.8, 4) is 0 Å². The number of nitrogens with zero attached hydrogens (tertiary/aromatic N) is 3. The standard InChI is InChI=1S/C28H31Cl2N3O4/c1-21-7-9-24(37-21)19-33(18-22-5-3-2-4-6-22)27(34)20-32(12-11-31-13-15-36-16-14-31)28(35)25-10-8-23(29)17-26(25)30/h2-10,17H,11-16,18-20H2,1H3. The molecule has 1 aromatic heterocycles. The number of carbonyl (C=O) groups is 2. The van der Waals surface area contributed by atoms with E-state index in [-0.39, 0.29) is 23.4 Å². The highest BCUT2D eigenvalue weighted by atomic mass is 35.5. The molecule has 2 amide bonds. The zero-order chi connectivity index (χ0) is 26.2. The molecule has 1 aliphatic heterocycles. The van der Waals surface area contributed by atoms with Crippen molar-refractivity contribution < 1.29 is 18.7 Å². The van der Waals surface area contributed by atoms with Crippen molar-refractivity contribution in [1.82, 2.24) is 14.7 Å². The van der Waals surface area contributed by atoms with Crippen molar-refractivity contribution in [2.75, 3.05) is 45.9 Å². The SMILES string of the molecule is Cc1ccc(CN(Cc2ccccc2)C(=O)CN(CCN2CCOCC2)C(=O)c2ccc(Cl)cc2Cl)o1. The summed E-state index contributed by atoms with van der Waals surface area (Å²) in [6, 6.07) is 18.3. The van der Waals surface area contributed by atoms with Crippen molar-refractivity contribution in [1.29, 1.82) is 0 Å². The van der Waals surface area contributed by atoms with Gasteiger partial charge in [-0.3, -0.25) is 14.5 Å².